The molecule has 2 rings (SSSR count). The fourth-order valence-electron chi connectivity index (χ4n) is 1.65. The van der Waals surface area contributed by atoms with Crippen LogP contribution in [0.4, 0.5) is 0 Å². The normalized spacial score (nSPS) is 11.5. The van der Waals surface area contributed by atoms with Gasteiger partial charge in [0.15, 0.2) is 0 Å². The summed E-state index contributed by atoms with van der Waals surface area (Å²) in [6.07, 6.45) is 4.05. The molecule has 0 aliphatic rings. The minimum atomic E-state index is -3.81. The summed E-state index contributed by atoms with van der Waals surface area (Å²) in [6.45, 7) is 1.61. The van der Waals surface area contributed by atoms with Gasteiger partial charge in [0.2, 0.25) is 0 Å². The molecular formula is C11H10BrN3O3S. The molecule has 0 saturated heterocycles. The Balaban J connectivity index is 2.67. The van der Waals surface area contributed by atoms with Gasteiger partial charge in [-0.25, -0.2) is 12.4 Å². The number of primary amides is 1. The summed E-state index contributed by atoms with van der Waals surface area (Å²) in [4.78, 5) is 15.1. The molecule has 2 aromatic rings. The standard InChI is InChI=1S/C11H10BrN3O3S/c1-7-6-15(10(12)9(7)11(13)16)19(17,18)8-3-2-4-14-5-8/h2-6H,1H3,(H2,13,16). The number of pyridine rings is 1. The van der Waals surface area contributed by atoms with Crippen molar-refractivity contribution >= 4 is 31.9 Å². The van der Waals surface area contributed by atoms with Crippen molar-refractivity contribution < 1.29 is 13.2 Å². The van der Waals surface area contributed by atoms with Crippen LogP contribution in [0.2, 0.25) is 0 Å². The zero-order valence-corrected chi connectivity index (χ0v) is 12.3. The molecule has 0 fully saturated rings. The Morgan fingerprint density at radius 1 is 1.47 bits per heavy atom. The van der Waals surface area contributed by atoms with E-state index in [0.29, 0.717) is 5.56 Å². The van der Waals surface area contributed by atoms with Crippen molar-refractivity contribution in [1.82, 2.24) is 8.96 Å². The maximum atomic E-state index is 12.4. The lowest BCUT2D eigenvalue weighted by Crippen LogP contribution is -2.15. The van der Waals surface area contributed by atoms with E-state index in [1.165, 1.54) is 30.7 Å². The van der Waals surface area contributed by atoms with Gasteiger partial charge < -0.3 is 5.73 Å². The third kappa shape index (κ3) is 2.28. The molecule has 2 aromatic heterocycles. The first-order chi connectivity index (χ1) is 8.85. The van der Waals surface area contributed by atoms with E-state index in [4.69, 9.17) is 5.73 Å². The molecule has 100 valence electrons. The predicted molar refractivity (Wildman–Crippen MR) is 72.2 cm³/mol. The predicted octanol–water partition coefficient (Wildman–Crippen LogP) is 1.29. The number of nitrogens with zero attached hydrogens (tertiary/aromatic N) is 2. The van der Waals surface area contributed by atoms with Gasteiger partial charge in [-0.15, -0.1) is 0 Å². The van der Waals surface area contributed by atoms with Crippen LogP contribution < -0.4 is 5.73 Å². The van der Waals surface area contributed by atoms with Gasteiger partial charge in [-0.05, 0) is 40.5 Å². The van der Waals surface area contributed by atoms with Crippen molar-refractivity contribution in [1.29, 1.82) is 0 Å². The Morgan fingerprint density at radius 2 is 2.16 bits per heavy atom. The summed E-state index contributed by atoms with van der Waals surface area (Å²) in [6, 6.07) is 2.94. The van der Waals surface area contributed by atoms with Crippen molar-refractivity contribution in [2.24, 2.45) is 5.73 Å². The monoisotopic (exact) mass is 343 g/mol. The van der Waals surface area contributed by atoms with Crippen molar-refractivity contribution in [3.05, 3.63) is 46.5 Å². The highest BCUT2D eigenvalue weighted by Gasteiger charge is 2.24. The highest BCUT2D eigenvalue weighted by molar-refractivity contribution is 9.10. The Morgan fingerprint density at radius 3 is 2.63 bits per heavy atom. The smallest absolute Gasteiger partial charge is 0.270 e. The molecule has 0 bridgehead atoms. The molecule has 0 aliphatic heterocycles. The second-order valence-corrected chi connectivity index (χ2v) is 6.40. The number of nitrogens with two attached hydrogens (primary N) is 1. The van der Waals surface area contributed by atoms with Crippen LogP contribution in [-0.2, 0) is 10.0 Å². The van der Waals surface area contributed by atoms with Crippen LogP contribution in [0, 0.1) is 6.92 Å². The fraction of sp³-hybridized carbons (Fsp3) is 0.0909. The van der Waals surface area contributed by atoms with E-state index in [1.807, 2.05) is 0 Å². The van der Waals surface area contributed by atoms with Gasteiger partial charge in [-0.3, -0.25) is 9.78 Å². The number of amides is 1. The summed E-state index contributed by atoms with van der Waals surface area (Å²) >= 11 is 3.10. The molecule has 0 unspecified atom stereocenters. The number of hydrogen-bond donors (Lipinski definition) is 1. The van der Waals surface area contributed by atoms with Gasteiger partial charge in [0, 0.05) is 18.6 Å². The van der Waals surface area contributed by atoms with Crippen LogP contribution in [0.5, 0.6) is 0 Å². The van der Waals surface area contributed by atoms with Crippen LogP contribution in [0.25, 0.3) is 0 Å². The average Bonchev–Trinajstić information content (AvgIpc) is 2.66. The number of carbonyl (C=O) groups is 1. The zero-order chi connectivity index (χ0) is 14.2. The number of hydrogen-bond acceptors (Lipinski definition) is 4. The SMILES string of the molecule is Cc1cn(S(=O)(=O)c2cccnc2)c(Br)c1C(N)=O. The van der Waals surface area contributed by atoms with Crippen molar-refractivity contribution in [3.63, 3.8) is 0 Å². The van der Waals surface area contributed by atoms with Crippen molar-refractivity contribution in [2.75, 3.05) is 0 Å². The summed E-state index contributed by atoms with van der Waals surface area (Å²) in [5.41, 5.74) is 5.85. The van der Waals surface area contributed by atoms with Crippen LogP contribution >= 0.6 is 15.9 Å². The highest BCUT2D eigenvalue weighted by atomic mass is 79.9. The lowest BCUT2D eigenvalue weighted by molar-refractivity contribution is 0.0999. The third-order valence-corrected chi connectivity index (χ3v) is 5.20. The fourth-order valence-corrected chi connectivity index (χ4v) is 4.11. The van der Waals surface area contributed by atoms with E-state index in [-0.39, 0.29) is 15.1 Å². The Labute approximate surface area is 118 Å². The van der Waals surface area contributed by atoms with E-state index in [9.17, 15) is 13.2 Å². The van der Waals surface area contributed by atoms with Crippen LogP contribution in [-0.4, -0.2) is 23.3 Å². The topological polar surface area (TPSA) is 95.1 Å². The van der Waals surface area contributed by atoms with E-state index in [2.05, 4.69) is 20.9 Å². The van der Waals surface area contributed by atoms with Gasteiger partial charge in [0.05, 0.1) is 5.56 Å². The first-order valence-electron chi connectivity index (χ1n) is 5.18. The van der Waals surface area contributed by atoms with Gasteiger partial charge >= 0.3 is 0 Å². The molecule has 0 spiro atoms. The average molecular weight is 344 g/mol. The van der Waals surface area contributed by atoms with Crippen LogP contribution in [0.1, 0.15) is 15.9 Å². The van der Waals surface area contributed by atoms with Gasteiger partial charge in [-0.1, -0.05) is 0 Å². The highest BCUT2D eigenvalue weighted by Crippen LogP contribution is 2.26. The maximum absolute atomic E-state index is 12.4. The third-order valence-electron chi connectivity index (χ3n) is 2.54. The molecule has 1 amide bonds. The minimum Gasteiger partial charge on any atom is -0.366 e. The van der Waals surface area contributed by atoms with Crippen molar-refractivity contribution in [3.8, 4) is 0 Å². The number of rotatable bonds is 3. The minimum absolute atomic E-state index is 0.0294. The van der Waals surface area contributed by atoms with Crippen LogP contribution in [0.3, 0.4) is 0 Å². The summed E-state index contributed by atoms with van der Waals surface area (Å²) in [7, 11) is -3.81. The molecule has 19 heavy (non-hydrogen) atoms. The van der Waals surface area contributed by atoms with E-state index in [1.54, 1.807) is 6.92 Å². The molecule has 2 heterocycles. The zero-order valence-electron chi connectivity index (χ0n) is 9.87. The lowest BCUT2D eigenvalue weighted by Gasteiger charge is -2.06. The number of halogens is 1. The second-order valence-electron chi connectivity index (χ2n) is 3.83. The molecular weight excluding hydrogens is 334 g/mol. The largest absolute Gasteiger partial charge is 0.366 e. The quantitative estimate of drug-likeness (QED) is 0.908. The number of carbonyl (C=O) groups excluding carboxylic acids is 1. The van der Waals surface area contributed by atoms with E-state index in [0.717, 1.165) is 3.97 Å². The summed E-state index contributed by atoms with van der Waals surface area (Å²) < 4.78 is 25.9. The first-order valence-corrected chi connectivity index (χ1v) is 7.42. The maximum Gasteiger partial charge on any atom is 0.270 e. The van der Waals surface area contributed by atoms with Crippen molar-refractivity contribution in [2.45, 2.75) is 11.8 Å². The molecule has 8 heteroatoms. The molecule has 0 aromatic carbocycles. The Hall–Kier alpha value is -1.67. The molecule has 0 saturated carbocycles. The second kappa shape index (κ2) is 4.78. The summed E-state index contributed by atoms with van der Waals surface area (Å²) in [5, 5.41) is 0. The van der Waals surface area contributed by atoms with E-state index >= 15 is 0 Å². The van der Waals surface area contributed by atoms with E-state index < -0.39 is 15.9 Å². The van der Waals surface area contributed by atoms with Gasteiger partial charge in [0.25, 0.3) is 15.9 Å². The Kier molecular flexibility index (Phi) is 3.46. The molecule has 2 N–H and O–H groups in total. The molecule has 0 aliphatic carbocycles. The van der Waals surface area contributed by atoms with Crippen LogP contribution in [0.15, 0.2) is 40.2 Å². The summed E-state index contributed by atoms with van der Waals surface area (Å²) in [5.74, 6) is -0.690. The van der Waals surface area contributed by atoms with Gasteiger partial charge in [0.1, 0.15) is 9.50 Å². The Bertz CT molecular complexity index is 738. The molecule has 6 nitrogen and oxygen atoms in total. The van der Waals surface area contributed by atoms with Gasteiger partial charge in [-0.2, -0.15) is 0 Å². The molecule has 0 atom stereocenters. The number of aromatic nitrogens is 2. The lowest BCUT2D eigenvalue weighted by atomic mass is 10.2. The molecule has 0 radical (unpaired) electrons. The number of aryl methyl sites for hydroxylation is 1. The first kappa shape index (κ1) is 13.8.